The van der Waals surface area contributed by atoms with Crippen LogP contribution in [-0.4, -0.2) is 9.55 Å². The molecule has 0 aliphatic heterocycles. The van der Waals surface area contributed by atoms with Crippen LogP contribution < -0.4 is 0 Å². The Kier molecular flexibility index (Phi) is 7.67. The number of hydrogen-bond acceptors (Lipinski definition) is 2. The van der Waals surface area contributed by atoms with Crippen molar-refractivity contribution >= 4 is 75.8 Å². The lowest BCUT2D eigenvalue weighted by Crippen LogP contribution is -1.94. The smallest absolute Gasteiger partial charge is 0.0992 e. The number of para-hydroxylation sites is 2. The van der Waals surface area contributed by atoms with Crippen molar-refractivity contribution in [2.24, 2.45) is 0 Å². The van der Waals surface area contributed by atoms with E-state index in [4.69, 9.17) is 4.98 Å². The Morgan fingerprint density at radius 1 is 0.365 bits per heavy atom. The van der Waals surface area contributed by atoms with Crippen molar-refractivity contribution < 1.29 is 0 Å². The van der Waals surface area contributed by atoms with Crippen LogP contribution in [0.5, 0.6) is 0 Å². The van der Waals surface area contributed by atoms with Gasteiger partial charge in [-0.2, -0.15) is 5.26 Å². The fourth-order valence-corrected chi connectivity index (χ4v) is 10.3. The molecule has 2 heterocycles. The first kappa shape index (κ1) is 35.2. The minimum atomic E-state index is 0.664. The van der Waals surface area contributed by atoms with E-state index in [1.165, 1.54) is 70.7 Å². The summed E-state index contributed by atoms with van der Waals surface area (Å²) in [6, 6.07) is 77.0. The average Bonchev–Trinajstić information content (AvgIpc) is 3.69. The fourth-order valence-electron chi connectivity index (χ4n) is 10.3. The van der Waals surface area contributed by atoms with Gasteiger partial charge in [-0.3, -0.25) is 4.98 Å². The molecule has 0 spiro atoms. The zero-order chi connectivity index (χ0) is 41.6. The number of nitriles is 1. The third-order valence-corrected chi connectivity index (χ3v) is 13.2. The molecule has 3 heteroatoms. The Hall–Kier alpha value is -8.58. The Balaban J connectivity index is 0.938. The number of aromatic nitrogens is 2. The normalized spacial score (nSPS) is 11.8. The predicted octanol–water partition coefficient (Wildman–Crippen LogP) is 15.9. The fraction of sp³-hybridized carbons (Fsp3) is 0. The van der Waals surface area contributed by atoms with Crippen LogP contribution >= 0.6 is 0 Å². The van der Waals surface area contributed by atoms with Gasteiger partial charge in [0.05, 0.1) is 28.2 Å². The molecule has 0 saturated carbocycles. The first-order chi connectivity index (χ1) is 31.2. The van der Waals surface area contributed by atoms with Crippen LogP contribution in [0.15, 0.2) is 212 Å². The summed E-state index contributed by atoms with van der Waals surface area (Å²) in [4.78, 5) is 4.72. The Bertz CT molecular complexity index is 4000. The molecule has 63 heavy (non-hydrogen) atoms. The molecule has 2 aromatic heterocycles. The molecule has 0 unspecified atom stereocenters. The van der Waals surface area contributed by atoms with Crippen LogP contribution in [0.3, 0.4) is 0 Å². The highest BCUT2D eigenvalue weighted by atomic mass is 15.0. The van der Waals surface area contributed by atoms with Crippen molar-refractivity contribution in [1.82, 2.24) is 9.55 Å². The van der Waals surface area contributed by atoms with Crippen LogP contribution in [-0.2, 0) is 0 Å². The maximum Gasteiger partial charge on any atom is 0.0992 e. The predicted molar refractivity (Wildman–Crippen MR) is 264 cm³/mol. The van der Waals surface area contributed by atoms with Gasteiger partial charge in [-0.25, -0.2) is 0 Å². The zero-order valence-corrected chi connectivity index (χ0v) is 34.0. The van der Waals surface area contributed by atoms with E-state index in [0.29, 0.717) is 5.56 Å². The van der Waals surface area contributed by atoms with E-state index in [2.05, 4.69) is 193 Å². The summed E-state index contributed by atoms with van der Waals surface area (Å²) in [6.45, 7) is 0. The van der Waals surface area contributed by atoms with Gasteiger partial charge in [0.1, 0.15) is 0 Å². The average molecular weight is 798 g/mol. The lowest BCUT2D eigenvalue weighted by molar-refractivity contribution is 1.18. The Morgan fingerprint density at radius 3 is 1.54 bits per heavy atom. The minimum absolute atomic E-state index is 0.664. The molecular formula is C60H35N3. The minimum Gasteiger partial charge on any atom is -0.309 e. The second-order valence-corrected chi connectivity index (χ2v) is 16.6. The zero-order valence-electron chi connectivity index (χ0n) is 34.0. The van der Waals surface area contributed by atoms with Crippen molar-refractivity contribution in [1.29, 1.82) is 5.26 Å². The van der Waals surface area contributed by atoms with Crippen LogP contribution in [0.1, 0.15) is 5.56 Å². The molecule has 0 radical (unpaired) electrons. The maximum absolute atomic E-state index is 9.95. The highest BCUT2D eigenvalue weighted by Gasteiger charge is 2.20. The van der Waals surface area contributed by atoms with Crippen LogP contribution in [0.25, 0.3) is 126 Å². The molecule has 3 nitrogen and oxygen atoms in total. The summed E-state index contributed by atoms with van der Waals surface area (Å²) in [6.07, 6.45) is 1.87. The molecule has 0 aliphatic carbocycles. The SMILES string of the molecule is N#Cc1cc2ccc3cc(-c4ccc(-c5cc6c7ccccc7c(-c7ccc(-c8cccc9cccnc89)cc7)cc6c6ccccc56)cc4)cc4c3c2c(c1)n4-c1ccccc1. The molecule has 0 amide bonds. The van der Waals surface area contributed by atoms with Gasteiger partial charge in [-0.15, -0.1) is 0 Å². The maximum atomic E-state index is 9.95. The highest BCUT2D eigenvalue weighted by Crippen LogP contribution is 2.44. The molecule has 0 saturated heterocycles. The van der Waals surface area contributed by atoms with E-state index in [1.54, 1.807) is 0 Å². The quantitative estimate of drug-likeness (QED) is 0.163. The summed E-state index contributed by atoms with van der Waals surface area (Å²) in [5.41, 5.74) is 14.4. The van der Waals surface area contributed by atoms with Crippen LogP contribution in [0, 0.1) is 11.3 Å². The van der Waals surface area contributed by atoms with E-state index in [1.807, 2.05) is 30.5 Å². The molecule has 13 aromatic rings. The van der Waals surface area contributed by atoms with Gasteiger partial charge in [-0.05, 0) is 137 Å². The van der Waals surface area contributed by atoms with Gasteiger partial charge < -0.3 is 4.57 Å². The molecule has 13 rings (SSSR count). The second-order valence-electron chi connectivity index (χ2n) is 16.6. The summed E-state index contributed by atoms with van der Waals surface area (Å²) in [5.74, 6) is 0. The van der Waals surface area contributed by atoms with Crippen LogP contribution in [0.2, 0.25) is 0 Å². The van der Waals surface area contributed by atoms with E-state index in [0.717, 1.165) is 55.3 Å². The standard InChI is InChI=1S/C60H35N3/c61-36-37-30-43-27-28-44-32-45(33-57-59(44)58(43)56(31-37)63(57)46-12-2-1-3-13-46)38-19-21-40(22-20-38)52-34-54-51-17-7-5-15-49(51)53(35-55(54)50-16-6-4-14-48(50)52)41-25-23-39(24-26-41)47-18-8-10-42-11-9-29-62-60(42)47/h1-35H. The first-order valence-corrected chi connectivity index (χ1v) is 21.4. The van der Waals surface area contributed by atoms with Crippen molar-refractivity contribution in [2.75, 3.05) is 0 Å². The number of hydrogen-bond donors (Lipinski definition) is 0. The third-order valence-electron chi connectivity index (χ3n) is 13.2. The topological polar surface area (TPSA) is 41.6 Å². The monoisotopic (exact) mass is 797 g/mol. The lowest BCUT2D eigenvalue weighted by atomic mass is 9.87. The second kappa shape index (κ2) is 13.7. The highest BCUT2D eigenvalue weighted by molar-refractivity contribution is 6.26. The number of rotatable bonds is 5. The third kappa shape index (κ3) is 5.42. The number of benzene rings is 11. The van der Waals surface area contributed by atoms with Gasteiger partial charge in [0.25, 0.3) is 0 Å². The van der Waals surface area contributed by atoms with E-state index in [-0.39, 0.29) is 0 Å². The van der Waals surface area contributed by atoms with E-state index >= 15 is 0 Å². The number of fused-ring (bicyclic) bond motifs is 6. The van der Waals surface area contributed by atoms with E-state index < -0.39 is 0 Å². The molecule has 11 aromatic carbocycles. The Labute approximate surface area is 363 Å². The van der Waals surface area contributed by atoms with Crippen molar-refractivity contribution in [2.45, 2.75) is 0 Å². The summed E-state index contributed by atoms with van der Waals surface area (Å²) < 4.78 is 2.32. The molecule has 0 fully saturated rings. The molecular weight excluding hydrogens is 763 g/mol. The van der Waals surface area contributed by atoms with Crippen molar-refractivity contribution in [3.63, 3.8) is 0 Å². The van der Waals surface area contributed by atoms with Gasteiger partial charge in [0.15, 0.2) is 0 Å². The van der Waals surface area contributed by atoms with E-state index in [9.17, 15) is 5.26 Å². The van der Waals surface area contributed by atoms with Crippen LogP contribution in [0.4, 0.5) is 0 Å². The van der Waals surface area contributed by atoms with Gasteiger partial charge in [-0.1, -0.05) is 152 Å². The lowest BCUT2D eigenvalue weighted by Gasteiger charge is -2.16. The number of pyridine rings is 1. The number of nitrogens with zero attached hydrogens (tertiary/aromatic N) is 3. The molecule has 0 bridgehead atoms. The molecule has 0 aliphatic rings. The van der Waals surface area contributed by atoms with Gasteiger partial charge in [0.2, 0.25) is 0 Å². The molecule has 0 atom stereocenters. The molecule has 290 valence electrons. The van der Waals surface area contributed by atoms with Gasteiger partial charge >= 0.3 is 0 Å². The Morgan fingerprint density at radius 2 is 0.905 bits per heavy atom. The van der Waals surface area contributed by atoms with Crippen molar-refractivity contribution in [3.05, 3.63) is 218 Å². The largest absolute Gasteiger partial charge is 0.309 e. The first-order valence-electron chi connectivity index (χ1n) is 21.4. The van der Waals surface area contributed by atoms with Crippen molar-refractivity contribution in [3.8, 4) is 56.3 Å². The summed E-state index contributed by atoms with van der Waals surface area (Å²) >= 11 is 0. The molecule has 0 N–H and O–H groups in total. The summed E-state index contributed by atoms with van der Waals surface area (Å²) in [5, 5.41) is 23.2. The van der Waals surface area contributed by atoms with Gasteiger partial charge in [0, 0.05) is 33.6 Å². The summed E-state index contributed by atoms with van der Waals surface area (Å²) in [7, 11) is 0.